The Bertz CT molecular complexity index is 1070. The standard InChI is InChI=1S/C24H30FN5O/c1-4-26-24(27-15-22-17(3)20-14-18(25)8-9-21(20)31-22)29-19-10-12-30(13-11-19)23-7-5-6-16(2)28-23/h5-9,14,19H,4,10-13,15H2,1-3H3,(H2,26,27,29). The molecule has 3 aromatic rings. The third kappa shape index (κ3) is 4.98. The number of hydrogen-bond donors (Lipinski definition) is 2. The molecule has 6 nitrogen and oxygen atoms in total. The molecule has 4 rings (SSSR count). The van der Waals surface area contributed by atoms with Gasteiger partial charge in [-0.1, -0.05) is 6.07 Å². The summed E-state index contributed by atoms with van der Waals surface area (Å²) in [7, 11) is 0. The zero-order chi connectivity index (χ0) is 21.8. The van der Waals surface area contributed by atoms with E-state index in [9.17, 15) is 4.39 Å². The number of guanidine groups is 1. The van der Waals surface area contributed by atoms with Crippen LogP contribution in [0.25, 0.3) is 11.0 Å². The highest BCUT2D eigenvalue weighted by Gasteiger charge is 2.21. The van der Waals surface area contributed by atoms with Gasteiger partial charge in [-0.05, 0) is 63.9 Å². The van der Waals surface area contributed by atoms with Crippen molar-refractivity contribution in [2.75, 3.05) is 24.5 Å². The summed E-state index contributed by atoms with van der Waals surface area (Å²) < 4.78 is 19.5. The molecule has 2 N–H and O–H groups in total. The van der Waals surface area contributed by atoms with Crippen molar-refractivity contribution in [3.05, 3.63) is 59.2 Å². The highest BCUT2D eigenvalue weighted by atomic mass is 19.1. The lowest BCUT2D eigenvalue weighted by molar-refractivity contribution is 0.458. The number of furan rings is 1. The maximum Gasteiger partial charge on any atom is 0.191 e. The number of nitrogens with one attached hydrogen (secondary N) is 2. The van der Waals surface area contributed by atoms with Gasteiger partial charge in [-0.25, -0.2) is 14.4 Å². The van der Waals surface area contributed by atoms with Gasteiger partial charge in [0.2, 0.25) is 0 Å². The minimum Gasteiger partial charge on any atom is -0.459 e. The van der Waals surface area contributed by atoms with Crippen LogP contribution >= 0.6 is 0 Å². The molecular weight excluding hydrogens is 393 g/mol. The summed E-state index contributed by atoms with van der Waals surface area (Å²) in [6, 6.07) is 11.1. The molecule has 7 heteroatoms. The molecule has 3 heterocycles. The van der Waals surface area contributed by atoms with Crippen LogP contribution < -0.4 is 15.5 Å². The summed E-state index contributed by atoms with van der Waals surface area (Å²) in [5, 5.41) is 7.69. The first-order valence-corrected chi connectivity index (χ1v) is 10.9. The highest BCUT2D eigenvalue weighted by molar-refractivity contribution is 5.83. The molecule has 1 fully saturated rings. The van der Waals surface area contributed by atoms with E-state index in [0.717, 1.165) is 66.7 Å². The molecule has 1 aromatic carbocycles. The smallest absolute Gasteiger partial charge is 0.191 e. The first-order valence-electron chi connectivity index (χ1n) is 10.9. The molecular formula is C24H30FN5O. The van der Waals surface area contributed by atoms with Gasteiger partial charge in [0.15, 0.2) is 5.96 Å². The zero-order valence-corrected chi connectivity index (χ0v) is 18.4. The minimum absolute atomic E-state index is 0.256. The second-order valence-electron chi connectivity index (χ2n) is 8.03. The van der Waals surface area contributed by atoms with E-state index in [1.807, 2.05) is 19.9 Å². The first kappa shape index (κ1) is 21.2. The van der Waals surface area contributed by atoms with Crippen LogP contribution in [0.1, 0.15) is 36.8 Å². The number of hydrogen-bond acceptors (Lipinski definition) is 4. The summed E-state index contributed by atoms with van der Waals surface area (Å²) in [5.74, 6) is 2.34. The number of piperidine rings is 1. The molecule has 0 bridgehead atoms. The number of pyridine rings is 1. The van der Waals surface area contributed by atoms with Gasteiger partial charge in [0.25, 0.3) is 0 Å². The Labute approximate surface area is 182 Å². The molecule has 1 aliphatic rings. The van der Waals surface area contributed by atoms with Crippen LogP contribution in [0.2, 0.25) is 0 Å². The molecule has 0 saturated carbocycles. The fraction of sp³-hybridized carbons (Fsp3) is 0.417. The molecule has 0 aliphatic carbocycles. The number of fused-ring (bicyclic) bond motifs is 1. The van der Waals surface area contributed by atoms with E-state index in [2.05, 4.69) is 39.6 Å². The van der Waals surface area contributed by atoms with Crippen molar-refractivity contribution in [3.63, 3.8) is 0 Å². The average molecular weight is 424 g/mol. The van der Waals surface area contributed by atoms with Crippen LogP contribution in [0.4, 0.5) is 10.2 Å². The van der Waals surface area contributed by atoms with Crippen molar-refractivity contribution < 1.29 is 8.81 Å². The van der Waals surface area contributed by atoms with E-state index in [4.69, 9.17) is 9.41 Å². The number of aliphatic imine (C=N–C) groups is 1. The second-order valence-corrected chi connectivity index (χ2v) is 8.03. The van der Waals surface area contributed by atoms with Crippen LogP contribution in [0.3, 0.4) is 0 Å². The molecule has 0 atom stereocenters. The van der Waals surface area contributed by atoms with E-state index in [1.54, 1.807) is 6.07 Å². The average Bonchev–Trinajstić information content (AvgIpc) is 3.08. The largest absolute Gasteiger partial charge is 0.459 e. The molecule has 0 unspecified atom stereocenters. The fourth-order valence-electron chi connectivity index (χ4n) is 4.02. The number of anilines is 1. The molecule has 2 aromatic heterocycles. The van der Waals surface area contributed by atoms with E-state index >= 15 is 0 Å². The van der Waals surface area contributed by atoms with Crippen molar-refractivity contribution in [1.82, 2.24) is 15.6 Å². The highest BCUT2D eigenvalue weighted by Crippen LogP contribution is 2.26. The van der Waals surface area contributed by atoms with Gasteiger partial charge in [0.05, 0.1) is 0 Å². The number of halogens is 1. The van der Waals surface area contributed by atoms with Crippen LogP contribution in [0.15, 0.2) is 45.8 Å². The minimum atomic E-state index is -0.256. The number of aromatic nitrogens is 1. The number of benzene rings is 1. The Hall–Kier alpha value is -3.09. The third-order valence-electron chi connectivity index (χ3n) is 5.76. The normalized spacial score (nSPS) is 15.5. The molecule has 0 spiro atoms. The Morgan fingerprint density at radius 2 is 2.03 bits per heavy atom. The van der Waals surface area contributed by atoms with Crippen molar-refractivity contribution >= 4 is 22.7 Å². The monoisotopic (exact) mass is 423 g/mol. The summed E-state index contributed by atoms with van der Waals surface area (Å²) >= 11 is 0. The van der Waals surface area contributed by atoms with Crippen molar-refractivity contribution in [2.24, 2.45) is 4.99 Å². The first-order chi connectivity index (χ1) is 15.0. The Morgan fingerprint density at radius 1 is 1.23 bits per heavy atom. The van der Waals surface area contributed by atoms with E-state index < -0.39 is 0 Å². The van der Waals surface area contributed by atoms with Crippen LogP contribution in [0, 0.1) is 19.7 Å². The predicted molar refractivity (Wildman–Crippen MR) is 123 cm³/mol. The van der Waals surface area contributed by atoms with Gasteiger partial charge in [-0.2, -0.15) is 0 Å². The maximum atomic E-state index is 13.6. The number of aryl methyl sites for hydroxylation is 2. The van der Waals surface area contributed by atoms with Gasteiger partial charge >= 0.3 is 0 Å². The van der Waals surface area contributed by atoms with Gasteiger partial charge in [0, 0.05) is 42.3 Å². The van der Waals surface area contributed by atoms with E-state index in [0.29, 0.717) is 18.2 Å². The van der Waals surface area contributed by atoms with Crippen molar-refractivity contribution in [1.29, 1.82) is 0 Å². The van der Waals surface area contributed by atoms with Crippen LogP contribution in [-0.4, -0.2) is 36.6 Å². The summed E-state index contributed by atoms with van der Waals surface area (Å²) in [4.78, 5) is 11.7. The summed E-state index contributed by atoms with van der Waals surface area (Å²) in [6.45, 7) is 9.14. The second kappa shape index (κ2) is 9.37. The topological polar surface area (TPSA) is 65.7 Å². The van der Waals surface area contributed by atoms with E-state index in [1.165, 1.54) is 12.1 Å². The van der Waals surface area contributed by atoms with Gasteiger partial charge in [-0.15, -0.1) is 0 Å². The number of rotatable bonds is 5. The van der Waals surface area contributed by atoms with Gasteiger partial charge < -0.3 is 20.0 Å². The molecule has 1 aliphatic heterocycles. The van der Waals surface area contributed by atoms with Crippen LogP contribution in [-0.2, 0) is 6.54 Å². The predicted octanol–water partition coefficient (Wildman–Crippen LogP) is 4.31. The Kier molecular flexibility index (Phi) is 6.39. The van der Waals surface area contributed by atoms with E-state index in [-0.39, 0.29) is 5.82 Å². The fourth-order valence-corrected chi connectivity index (χ4v) is 4.02. The molecule has 0 amide bonds. The quantitative estimate of drug-likeness (QED) is 0.473. The zero-order valence-electron chi connectivity index (χ0n) is 18.4. The molecule has 164 valence electrons. The van der Waals surface area contributed by atoms with Gasteiger partial charge in [-0.3, -0.25) is 0 Å². The SMILES string of the molecule is CCNC(=NCc1oc2ccc(F)cc2c1C)NC1CCN(c2cccc(C)n2)CC1. The molecule has 1 saturated heterocycles. The Balaban J connectivity index is 1.39. The maximum absolute atomic E-state index is 13.6. The summed E-state index contributed by atoms with van der Waals surface area (Å²) in [5.41, 5.74) is 2.68. The van der Waals surface area contributed by atoms with Crippen molar-refractivity contribution in [2.45, 2.75) is 46.2 Å². The third-order valence-corrected chi connectivity index (χ3v) is 5.76. The van der Waals surface area contributed by atoms with Crippen molar-refractivity contribution in [3.8, 4) is 0 Å². The molecule has 31 heavy (non-hydrogen) atoms. The lowest BCUT2D eigenvalue weighted by atomic mass is 10.1. The Morgan fingerprint density at radius 3 is 2.77 bits per heavy atom. The lowest BCUT2D eigenvalue weighted by Gasteiger charge is -2.34. The number of nitrogens with zero attached hydrogens (tertiary/aromatic N) is 3. The van der Waals surface area contributed by atoms with Gasteiger partial charge in [0.1, 0.15) is 29.5 Å². The lowest BCUT2D eigenvalue weighted by Crippen LogP contribution is -2.48. The summed E-state index contributed by atoms with van der Waals surface area (Å²) in [6.07, 6.45) is 2.03. The molecule has 0 radical (unpaired) electrons. The van der Waals surface area contributed by atoms with Crippen LogP contribution in [0.5, 0.6) is 0 Å².